The van der Waals surface area contributed by atoms with Crippen LogP contribution in [0.4, 0.5) is 4.79 Å². The first-order valence-electron chi connectivity index (χ1n) is 8.93. The van der Waals surface area contributed by atoms with Crippen molar-refractivity contribution in [1.29, 1.82) is 0 Å². The quantitative estimate of drug-likeness (QED) is 0.511. The van der Waals surface area contributed by atoms with Crippen LogP contribution in [0.2, 0.25) is 18.1 Å². The lowest BCUT2D eigenvalue weighted by molar-refractivity contribution is 0.0171. The van der Waals surface area contributed by atoms with Gasteiger partial charge in [-0.15, -0.1) is 0 Å². The maximum Gasteiger partial charge on any atom is 0.410 e. The maximum atomic E-state index is 12.6. The standard InChI is InChI=1S/C17H35NO6SSi/c1-16(2,3)23-15(19)18-11-14(24-25(7,20)21)10-13(18)12-22-26(8,9)17(4,5)6/h13-14H,10-12H2,1-9H3/t13-,14+/m0/s1. The molecule has 0 aromatic rings. The molecule has 9 heteroatoms. The molecule has 2 atom stereocenters. The normalized spacial score (nSPS) is 22.6. The molecule has 0 bridgehead atoms. The van der Waals surface area contributed by atoms with Gasteiger partial charge < -0.3 is 14.1 Å². The fourth-order valence-electron chi connectivity index (χ4n) is 2.41. The van der Waals surface area contributed by atoms with Gasteiger partial charge in [-0.2, -0.15) is 8.42 Å². The predicted molar refractivity (Wildman–Crippen MR) is 104 cm³/mol. The van der Waals surface area contributed by atoms with Crippen LogP contribution in [0.25, 0.3) is 0 Å². The summed E-state index contributed by atoms with van der Waals surface area (Å²) >= 11 is 0. The summed E-state index contributed by atoms with van der Waals surface area (Å²) in [6.07, 6.45) is 0.372. The summed E-state index contributed by atoms with van der Waals surface area (Å²) in [4.78, 5) is 14.1. The average molecular weight is 410 g/mol. The van der Waals surface area contributed by atoms with Crippen molar-refractivity contribution in [1.82, 2.24) is 4.90 Å². The summed E-state index contributed by atoms with van der Waals surface area (Å²) in [5.74, 6) is 0. The van der Waals surface area contributed by atoms with Gasteiger partial charge in [0.25, 0.3) is 10.1 Å². The smallest absolute Gasteiger partial charge is 0.410 e. The van der Waals surface area contributed by atoms with Crippen molar-refractivity contribution < 1.29 is 26.6 Å². The highest BCUT2D eigenvalue weighted by Crippen LogP contribution is 2.37. The Morgan fingerprint density at radius 2 is 1.69 bits per heavy atom. The number of carbonyl (C=O) groups is 1. The third kappa shape index (κ3) is 7.17. The van der Waals surface area contributed by atoms with E-state index in [1.165, 1.54) is 4.90 Å². The molecular formula is C17H35NO6SSi. The van der Waals surface area contributed by atoms with Crippen LogP contribution in [0.1, 0.15) is 48.0 Å². The van der Waals surface area contributed by atoms with E-state index in [9.17, 15) is 13.2 Å². The van der Waals surface area contributed by atoms with E-state index in [4.69, 9.17) is 13.3 Å². The lowest BCUT2D eigenvalue weighted by Crippen LogP contribution is -2.46. The lowest BCUT2D eigenvalue weighted by atomic mass is 10.2. The summed E-state index contributed by atoms with van der Waals surface area (Å²) in [5.41, 5.74) is -0.627. The Labute approximate surface area is 159 Å². The number of hydrogen-bond acceptors (Lipinski definition) is 6. The molecule has 1 aliphatic rings. The van der Waals surface area contributed by atoms with Crippen molar-refractivity contribution in [3.63, 3.8) is 0 Å². The van der Waals surface area contributed by atoms with E-state index in [0.29, 0.717) is 13.0 Å². The highest BCUT2D eigenvalue weighted by atomic mass is 32.2. The fraction of sp³-hybridized carbons (Fsp3) is 0.941. The van der Waals surface area contributed by atoms with Gasteiger partial charge in [0.1, 0.15) is 5.60 Å². The molecule has 7 nitrogen and oxygen atoms in total. The van der Waals surface area contributed by atoms with E-state index in [1.54, 1.807) is 20.8 Å². The van der Waals surface area contributed by atoms with Crippen LogP contribution < -0.4 is 0 Å². The second-order valence-corrected chi connectivity index (χ2v) is 15.9. The molecule has 0 unspecified atom stereocenters. The summed E-state index contributed by atoms with van der Waals surface area (Å²) in [7, 11) is -5.58. The van der Waals surface area contributed by atoms with E-state index in [2.05, 4.69) is 33.9 Å². The number of likely N-dealkylation sites (tertiary alicyclic amines) is 1. The molecular weight excluding hydrogens is 374 g/mol. The number of carbonyl (C=O) groups excluding carboxylic acids is 1. The summed E-state index contributed by atoms with van der Waals surface area (Å²) < 4.78 is 39.8. The Morgan fingerprint density at radius 1 is 1.15 bits per heavy atom. The van der Waals surface area contributed by atoms with E-state index < -0.39 is 36.2 Å². The molecule has 1 aliphatic heterocycles. The summed E-state index contributed by atoms with van der Waals surface area (Å²) in [5, 5.41) is 0.0466. The number of amides is 1. The van der Waals surface area contributed by atoms with Crippen LogP contribution in [0.15, 0.2) is 0 Å². The number of nitrogens with zero attached hydrogens (tertiary/aromatic N) is 1. The van der Waals surface area contributed by atoms with Crippen LogP contribution in [0.5, 0.6) is 0 Å². The SMILES string of the molecule is CC(C)(C)OC(=O)N1C[C@H](OS(C)(=O)=O)C[C@H]1CO[Si](C)(C)C(C)(C)C. The molecule has 0 N–H and O–H groups in total. The molecule has 1 fully saturated rings. The van der Waals surface area contributed by atoms with E-state index in [0.717, 1.165) is 6.26 Å². The third-order valence-corrected chi connectivity index (χ3v) is 9.88. The largest absolute Gasteiger partial charge is 0.444 e. The van der Waals surface area contributed by atoms with Crippen LogP contribution in [0.3, 0.4) is 0 Å². The van der Waals surface area contributed by atoms with Gasteiger partial charge in [0, 0.05) is 0 Å². The Morgan fingerprint density at radius 3 is 2.12 bits per heavy atom. The number of ether oxygens (including phenoxy) is 1. The molecule has 0 radical (unpaired) electrons. The molecule has 0 saturated carbocycles. The number of rotatable bonds is 5. The second-order valence-electron chi connectivity index (χ2n) is 9.52. The zero-order valence-electron chi connectivity index (χ0n) is 17.6. The molecule has 0 aromatic heterocycles. The monoisotopic (exact) mass is 409 g/mol. The Hall–Kier alpha value is -0.643. The van der Waals surface area contributed by atoms with Crippen LogP contribution in [-0.4, -0.2) is 64.9 Å². The van der Waals surface area contributed by atoms with Crippen molar-refractivity contribution in [2.24, 2.45) is 0 Å². The molecule has 1 rings (SSSR count). The van der Waals surface area contributed by atoms with Crippen molar-refractivity contribution in [3.8, 4) is 0 Å². The molecule has 1 amide bonds. The number of hydrogen-bond donors (Lipinski definition) is 0. The van der Waals surface area contributed by atoms with Gasteiger partial charge in [-0.05, 0) is 45.3 Å². The predicted octanol–water partition coefficient (Wildman–Crippen LogP) is 3.36. The highest BCUT2D eigenvalue weighted by molar-refractivity contribution is 7.86. The van der Waals surface area contributed by atoms with Gasteiger partial charge in [-0.25, -0.2) is 4.79 Å². The van der Waals surface area contributed by atoms with Gasteiger partial charge >= 0.3 is 6.09 Å². The molecule has 154 valence electrons. The molecule has 26 heavy (non-hydrogen) atoms. The highest BCUT2D eigenvalue weighted by Gasteiger charge is 2.43. The maximum absolute atomic E-state index is 12.6. The molecule has 0 aromatic carbocycles. The van der Waals surface area contributed by atoms with Gasteiger partial charge in [0.05, 0.1) is 31.6 Å². The Kier molecular flexibility index (Phi) is 6.99. The fourth-order valence-corrected chi connectivity index (χ4v) is 4.09. The zero-order valence-corrected chi connectivity index (χ0v) is 19.4. The Bertz CT molecular complexity index is 606. The van der Waals surface area contributed by atoms with Gasteiger partial charge in [0.15, 0.2) is 8.32 Å². The first kappa shape index (κ1) is 23.4. The van der Waals surface area contributed by atoms with Crippen LogP contribution >= 0.6 is 0 Å². The minimum atomic E-state index is -3.59. The topological polar surface area (TPSA) is 82.1 Å². The van der Waals surface area contributed by atoms with Crippen molar-refractivity contribution in [2.75, 3.05) is 19.4 Å². The molecule has 0 aliphatic carbocycles. The van der Waals surface area contributed by atoms with Crippen LogP contribution in [-0.2, 0) is 23.5 Å². The van der Waals surface area contributed by atoms with Gasteiger partial charge in [-0.1, -0.05) is 20.8 Å². The van der Waals surface area contributed by atoms with E-state index in [1.807, 2.05) is 0 Å². The molecule has 0 spiro atoms. The Balaban J connectivity index is 2.90. The lowest BCUT2D eigenvalue weighted by Gasteiger charge is -2.38. The first-order valence-corrected chi connectivity index (χ1v) is 13.7. The van der Waals surface area contributed by atoms with Gasteiger partial charge in [-0.3, -0.25) is 4.18 Å². The van der Waals surface area contributed by atoms with Gasteiger partial charge in [0.2, 0.25) is 0 Å². The average Bonchev–Trinajstić information content (AvgIpc) is 2.73. The minimum absolute atomic E-state index is 0.0466. The second kappa shape index (κ2) is 7.77. The summed E-state index contributed by atoms with van der Waals surface area (Å²) in [6.45, 7) is 16.6. The third-order valence-electron chi connectivity index (χ3n) is 4.76. The molecule has 1 heterocycles. The zero-order chi connectivity index (χ0) is 20.6. The van der Waals surface area contributed by atoms with E-state index >= 15 is 0 Å². The van der Waals surface area contributed by atoms with Crippen molar-refractivity contribution in [2.45, 2.75) is 83.8 Å². The van der Waals surface area contributed by atoms with Crippen LogP contribution in [0, 0.1) is 0 Å². The summed E-state index contributed by atoms with van der Waals surface area (Å²) in [6, 6.07) is -0.272. The first-order chi connectivity index (χ1) is 11.4. The van der Waals surface area contributed by atoms with Crippen molar-refractivity contribution >= 4 is 24.5 Å². The minimum Gasteiger partial charge on any atom is -0.444 e. The van der Waals surface area contributed by atoms with Crippen molar-refractivity contribution in [3.05, 3.63) is 0 Å². The van der Waals surface area contributed by atoms with E-state index in [-0.39, 0.29) is 17.6 Å². The molecule has 1 saturated heterocycles.